The first kappa shape index (κ1) is 29.1. The SMILES string of the molecule is CCCCC(C(=O)O)N(NC(CCC(O)CN)C(=O)O)NC(CCC(O)CN)C(=O)O. The topological polar surface area (TPSA) is 232 Å². The zero-order chi connectivity index (χ0) is 24.0. The van der Waals surface area contributed by atoms with Crippen LogP contribution in [-0.4, -0.2) is 92.0 Å². The van der Waals surface area contributed by atoms with Gasteiger partial charge in [0, 0.05) is 13.1 Å². The highest BCUT2D eigenvalue weighted by Crippen LogP contribution is 2.11. The number of rotatable bonds is 19. The van der Waals surface area contributed by atoms with Gasteiger partial charge in [-0.1, -0.05) is 19.8 Å². The number of nitrogens with one attached hydrogen (secondary N) is 2. The summed E-state index contributed by atoms with van der Waals surface area (Å²) in [5.41, 5.74) is 15.8. The summed E-state index contributed by atoms with van der Waals surface area (Å²) in [5.74, 6) is -3.88. The normalized spacial score (nSPS) is 16.5. The number of aliphatic carboxylic acids is 3. The molecule has 0 aliphatic heterocycles. The second-order valence-corrected chi connectivity index (χ2v) is 7.34. The summed E-state index contributed by atoms with van der Waals surface area (Å²) in [6, 6.07) is -3.87. The molecule has 0 aliphatic carbocycles. The summed E-state index contributed by atoms with van der Waals surface area (Å²) >= 11 is 0. The molecular formula is C18H37N5O8. The van der Waals surface area contributed by atoms with Crippen LogP contribution in [-0.2, 0) is 14.4 Å². The molecule has 0 rings (SSSR count). The fraction of sp³-hybridized carbons (Fsp3) is 0.833. The number of carboxylic acid groups (broad SMARTS) is 3. The van der Waals surface area contributed by atoms with Gasteiger partial charge in [-0.2, -0.15) is 5.12 Å². The van der Waals surface area contributed by atoms with Crippen LogP contribution in [0.5, 0.6) is 0 Å². The molecule has 0 amide bonds. The van der Waals surface area contributed by atoms with Crippen molar-refractivity contribution < 1.29 is 39.9 Å². The van der Waals surface area contributed by atoms with Gasteiger partial charge in [0.2, 0.25) is 0 Å². The summed E-state index contributed by atoms with van der Waals surface area (Å²) in [5, 5.41) is 48.8. The van der Waals surface area contributed by atoms with Gasteiger partial charge < -0.3 is 37.0 Å². The Labute approximate surface area is 181 Å². The van der Waals surface area contributed by atoms with Crippen molar-refractivity contribution in [2.75, 3.05) is 13.1 Å². The number of aliphatic hydroxyl groups is 2. The predicted molar refractivity (Wildman–Crippen MR) is 110 cm³/mol. The van der Waals surface area contributed by atoms with Gasteiger partial charge >= 0.3 is 17.9 Å². The molecule has 0 spiro atoms. The summed E-state index contributed by atoms with van der Waals surface area (Å²) < 4.78 is 0. The van der Waals surface area contributed by atoms with E-state index in [0.29, 0.717) is 12.8 Å². The van der Waals surface area contributed by atoms with E-state index < -0.39 is 48.2 Å². The Morgan fingerprint density at radius 3 is 1.48 bits per heavy atom. The molecule has 31 heavy (non-hydrogen) atoms. The Kier molecular flexibility index (Phi) is 14.9. The number of nitrogens with two attached hydrogens (primary N) is 2. The smallest absolute Gasteiger partial charge is 0.323 e. The second kappa shape index (κ2) is 15.9. The molecule has 5 unspecified atom stereocenters. The van der Waals surface area contributed by atoms with Gasteiger partial charge in [-0.3, -0.25) is 14.4 Å². The number of unbranched alkanes of at least 4 members (excludes halogenated alkanes) is 1. The lowest BCUT2D eigenvalue weighted by Gasteiger charge is -2.34. The minimum atomic E-state index is -1.30. The molecule has 5 atom stereocenters. The quantitative estimate of drug-likeness (QED) is 0.0972. The molecule has 182 valence electrons. The Balaban J connectivity index is 5.63. The first-order valence-corrected chi connectivity index (χ1v) is 10.3. The lowest BCUT2D eigenvalue weighted by Crippen LogP contribution is -2.64. The van der Waals surface area contributed by atoms with Crippen LogP contribution < -0.4 is 22.3 Å². The van der Waals surface area contributed by atoms with Gasteiger partial charge in [0.15, 0.2) is 0 Å². The van der Waals surface area contributed by atoms with Crippen LogP contribution in [0.25, 0.3) is 0 Å². The minimum absolute atomic E-state index is 0.0477. The predicted octanol–water partition coefficient (Wildman–Crippen LogP) is -1.95. The molecule has 11 N–H and O–H groups in total. The molecule has 0 aromatic carbocycles. The number of nitrogens with zero attached hydrogens (tertiary/aromatic N) is 1. The number of hydrogen-bond donors (Lipinski definition) is 9. The van der Waals surface area contributed by atoms with Crippen LogP contribution in [0.2, 0.25) is 0 Å². The van der Waals surface area contributed by atoms with Gasteiger partial charge in [0.1, 0.15) is 18.1 Å². The van der Waals surface area contributed by atoms with Crippen molar-refractivity contribution in [1.29, 1.82) is 0 Å². The third-order valence-corrected chi connectivity index (χ3v) is 4.74. The fourth-order valence-electron chi connectivity index (χ4n) is 2.75. The third-order valence-electron chi connectivity index (χ3n) is 4.74. The second-order valence-electron chi connectivity index (χ2n) is 7.34. The number of aliphatic hydroxyl groups excluding tert-OH is 2. The van der Waals surface area contributed by atoms with Crippen LogP contribution in [0.3, 0.4) is 0 Å². The lowest BCUT2D eigenvalue weighted by atomic mass is 10.1. The molecule has 13 heteroatoms. The van der Waals surface area contributed by atoms with Gasteiger partial charge in [0.05, 0.1) is 12.2 Å². The first-order chi connectivity index (χ1) is 14.6. The van der Waals surface area contributed by atoms with Crippen molar-refractivity contribution in [3.05, 3.63) is 0 Å². The standard InChI is InChI=1S/C18H37N5O8/c1-2-3-4-15(18(30)31)23(21-13(16(26)27)7-5-11(24)9-19)22-14(17(28)29)8-6-12(25)10-20/h11-15,21-22,24-25H,2-10,19-20H2,1H3,(H,26,27)(H,28,29)(H,30,31). The third kappa shape index (κ3) is 11.9. The van der Waals surface area contributed by atoms with Crippen LogP contribution in [0.1, 0.15) is 51.9 Å². The van der Waals surface area contributed by atoms with E-state index in [4.69, 9.17) is 11.5 Å². The first-order valence-electron chi connectivity index (χ1n) is 10.3. The van der Waals surface area contributed by atoms with Gasteiger partial charge in [0.25, 0.3) is 0 Å². The molecule has 0 fully saturated rings. The number of hydrogen-bond acceptors (Lipinski definition) is 10. The molecule has 0 aliphatic rings. The fourth-order valence-corrected chi connectivity index (χ4v) is 2.75. The van der Waals surface area contributed by atoms with Crippen molar-refractivity contribution in [3.63, 3.8) is 0 Å². The molecule has 0 aromatic rings. The summed E-state index contributed by atoms with van der Waals surface area (Å²) in [7, 11) is 0. The van der Waals surface area contributed by atoms with Crippen LogP contribution in [0.15, 0.2) is 0 Å². The van der Waals surface area contributed by atoms with Crippen LogP contribution in [0, 0.1) is 0 Å². The molecule has 0 bridgehead atoms. The molecular weight excluding hydrogens is 414 g/mol. The van der Waals surface area contributed by atoms with Gasteiger partial charge in [-0.25, -0.2) is 10.9 Å². The summed E-state index contributed by atoms with van der Waals surface area (Å²) in [6.45, 7) is 1.73. The highest BCUT2D eigenvalue weighted by molar-refractivity contribution is 5.75. The molecule has 0 radical (unpaired) electrons. The van der Waals surface area contributed by atoms with E-state index in [0.717, 1.165) is 5.12 Å². The Hall–Kier alpha value is -1.87. The number of carboxylic acids is 3. The summed E-state index contributed by atoms with van der Waals surface area (Å²) in [4.78, 5) is 35.2. The molecule has 0 aromatic heterocycles. The average Bonchev–Trinajstić information content (AvgIpc) is 2.72. The Bertz CT molecular complexity index is 519. The Morgan fingerprint density at radius 2 is 1.19 bits per heavy atom. The molecule has 0 saturated heterocycles. The zero-order valence-corrected chi connectivity index (χ0v) is 17.8. The van der Waals surface area contributed by atoms with E-state index in [2.05, 4.69) is 10.9 Å². The van der Waals surface area contributed by atoms with Crippen molar-refractivity contribution >= 4 is 17.9 Å². The van der Waals surface area contributed by atoms with Crippen LogP contribution in [0.4, 0.5) is 0 Å². The van der Waals surface area contributed by atoms with Crippen molar-refractivity contribution in [2.24, 2.45) is 11.5 Å². The maximum Gasteiger partial charge on any atom is 0.323 e. The largest absolute Gasteiger partial charge is 0.480 e. The lowest BCUT2D eigenvalue weighted by molar-refractivity contribution is -0.156. The van der Waals surface area contributed by atoms with E-state index in [1.54, 1.807) is 0 Å². The maximum atomic E-state index is 11.8. The van der Waals surface area contributed by atoms with Crippen molar-refractivity contribution in [1.82, 2.24) is 16.0 Å². The monoisotopic (exact) mass is 451 g/mol. The van der Waals surface area contributed by atoms with E-state index in [-0.39, 0.29) is 45.2 Å². The van der Waals surface area contributed by atoms with Crippen molar-refractivity contribution in [3.8, 4) is 0 Å². The van der Waals surface area contributed by atoms with Gasteiger partial charge in [-0.05, 0) is 32.1 Å². The van der Waals surface area contributed by atoms with E-state index in [9.17, 15) is 39.9 Å². The highest BCUT2D eigenvalue weighted by Gasteiger charge is 2.33. The van der Waals surface area contributed by atoms with E-state index >= 15 is 0 Å². The van der Waals surface area contributed by atoms with Crippen molar-refractivity contribution in [2.45, 2.75) is 82.2 Å². The number of carbonyl (C=O) groups is 3. The minimum Gasteiger partial charge on any atom is -0.480 e. The van der Waals surface area contributed by atoms with E-state index in [1.165, 1.54) is 0 Å². The molecule has 0 saturated carbocycles. The van der Waals surface area contributed by atoms with Crippen LogP contribution >= 0.6 is 0 Å². The molecule has 0 heterocycles. The zero-order valence-electron chi connectivity index (χ0n) is 17.8. The van der Waals surface area contributed by atoms with E-state index in [1.807, 2.05) is 6.92 Å². The maximum absolute atomic E-state index is 11.8. The highest BCUT2D eigenvalue weighted by atomic mass is 16.4. The average molecular weight is 452 g/mol. The Morgan fingerprint density at radius 1 is 0.774 bits per heavy atom. The number of hydrazine groups is 2. The molecule has 13 nitrogen and oxygen atoms in total. The van der Waals surface area contributed by atoms with Gasteiger partial charge in [-0.15, -0.1) is 0 Å². The summed E-state index contributed by atoms with van der Waals surface area (Å²) in [6.07, 6.45) is -0.599.